The molecule has 23 heavy (non-hydrogen) atoms. The first kappa shape index (κ1) is 17.9. The zero-order valence-electron chi connectivity index (χ0n) is 13.2. The molecule has 1 aliphatic heterocycles. The van der Waals surface area contributed by atoms with Gasteiger partial charge in [-0.15, -0.1) is 0 Å². The Morgan fingerprint density at radius 2 is 2.00 bits per heavy atom. The monoisotopic (exact) mass is 346 g/mol. The number of aliphatic hydroxyl groups is 1. The van der Waals surface area contributed by atoms with Gasteiger partial charge >= 0.3 is 11.9 Å². The highest BCUT2D eigenvalue weighted by Gasteiger charge is 2.56. The molecule has 2 fully saturated rings. The van der Waals surface area contributed by atoms with E-state index in [1.807, 2.05) is 0 Å². The van der Waals surface area contributed by atoms with Crippen LogP contribution in [0.2, 0.25) is 0 Å². The number of carbonyl (C=O) groups is 2. The molecule has 0 aromatic carbocycles. The fourth-order valence-corrected chi connectivity index (χ4v) is 5.35. The molecule has 1 heterocycles. The van der Waals surface area contributed by atoms with E-state index < -0.39 is 39.2 Å². The van der Waals surface area contributed by atoms with Gasteiger partial charge in [-0.3, -0.25) is 4.79 Å². The average molecular weight is 346 g/mol. The number of aliphatic hydroxyl groups excluding tert-OH is 1. The topological polar surface area (TPSA) is 107 Å². The summed E-state index contributed by atoms with van der Waals surface area (Å²) in [5, 5.41) is 9.73. The average Bonchev–Trinajstić information content (AvgIpc) is 2.45. The van der Waals surface area contributed by atoms with Crippen LogP contribution in [-0.2, 0) is 28.9 Å². The van der Waals surface area contributed by atoms with Gasteiger partial charge in [0.15, 0.2) is 9.84 Å². The van der Waals surface area contributed by atoms with Crippen LogP contribution in [0.1, 0.15) is 26.7 Å². The molecule has 0 amide bonds. The molecule has 0 aromatic heterocycles. The van der Waals surface area contributed by atoms with E-state index in [2.05, 4.69) is 6.58 Å². The molecule has 2 rings (SSSR count). The van der Waals surface area contributed by atoms with Crippen molar-refractivity contribution < 1.29 is 32.6 Å². The van der Waals surface area contributed by atoms with Crippen LogP contribution in [0.4, 0.5) is 0 Å². The summed E-state index contributed by atoms with van der Waals surface area (Å²) in [4.78, 5) is 23.0. The van der Waals surface area contributed by atoms with Gasteiger partial charge in [0.2, 0.25) is 0 Å². The predicted molar refractivity (Wildman–Crippen MR) is 81.1 cm³/mol. The number of rotatable bonds is 5. The van der Waals surface area contributed by atoms with Gasteiger partial charge in [0.25, 0.3) is 0 Å². The van der Waals surface area contributed by atoms with Gasteiger partial charge < -0.3 is 14.6 Å². The molecule has 2 aliphatic rings. The molecule has 1 saturated carbocycles. The van der Waals surface area contributed by atoms with Crippen molar-refractivity contribution in [2.45, 2.75) is 44.1 Å². The van der Waals surface area contributed by atoms with E-state index in [0.29, 0.717) is 6.42 Å². The molecule has 1 aliphatic carbocycles. The van der Waals surface area contributed by atoms with Crippen LogP contribution in [0.25, 0.3) is 0 Å². The number of sulfone groups is 1. The lowest BCUT2D eigenvalue weighted by Gasteiger charge is -2.48. The maximum Gasteiger partial charge on any atom is 0.333 e. The number of fused-ring (bicyclic) bond motifs is 1. The van der Waals surface area contributed by atoms with Crippen molar-refractivity contribution in [2.75, 3.05) is 12.4 Å². The van der Waals surface area contributed by atoms with Crippen LogP contribution in [0.15, 0.2) is 12.2 Å². The summed E-state index contributed by atoms with van der Waals surface area (Å²) >= 11 is 0. The molecule has 1 saturated heterocycles. The minimum atomic E-state index is -3.10. The second-order valence-electron chi connectivity index (χ2n) is 6.36. The third-order valence-electron chi connectivity index (χ3n) is 4.46. The summed E-state index contributed by atoms with van der Waals surface area (Å²) in [6.07, 6.45) is -1.45. The van der Waals surface area contributed by atoms with Gasteiger partial charge in [0.05, 0.1) is 23.5 Å². The largest absolute Gasteiger partial charge is 0.462 e. The zero-order valence-corrected chi connectivity index (χ0v) is 14.0. The molecule has 0 bridgehead atoms. The highest BCUT2D eigenvalue weighted by atomic mass is 32.2. The number of hydrogen-bond donors (Lipinski definition) is 1. The van der Waals surface area contributed by atoms with Crippen molar-refractivity contribution in [2.24, 2.45) is 11.8 Å². The molecule has 7 nitrogen and oxygen atoms in total. The number of carbonyl (C=O) groups excluding carboxylic acids is 2. The van der Waals surface area contributed by atoms with Crippen LogP contribution in [0, 0.1) is 11.8 Å². The molecule has 0 spiro atoms. The number of hydrogen-bond acceptors (Lipinski definition) is 7. The van der Waals surface area contributed by atoms with E-state index >= 15 is 0 Å². The standard InChI is InChI=1S/C15H22O7S/c1-8(2)15(18)21-5-4-12(16)22-14-9(3)6-11-10(13(14)17)7-23(11,19)20/h9-11,13-14,17H,1,4-7H2,2-3H3. The Balaban J connectivity index is 1.84. The number of ether oxygens (including phenoxy) is 2. The third-order valence-corrected chi connectivity index (χ3v) is 6.77. The van der Waals surface area contributed by atoms with Crippen LogP contribution in [0.3, 0.4) is 0 Å². The van der Waals surface area contributed by atoms with Gasteiger partial charge in [0.1, 0.15) is 12.7 Å². The summed E-state index contributed by atoms with van der Waals surface area (Å²) < 4.78 is 33.4. The van der Waals surface area contributed by atoms with Crippen LogP contribution >= 0.6 is 0 Å². The van der Waals surface area contributed by atoms with Gasteiger partial charge in [0, 0.05) is 11.5 Å². The summed E-state index contributed by atoms with van der Waals surface area (Å²) in [6.45, 7) is 6.56. The Morgan fingerprint density at radius 1 is 1.35 bits per heavy atom. The summed E-state index contributed by atoms with van der Waals surface area (Å²) in [7, 11) is -3.10. The molecule has 1 N–H and O–H groups in total. The third kappa shape index (κ3) is 3.74. The maximum atomic E-state index is 11.8. The van der Waals surface area contributed by atoms with E-state index in [0.717, 1.165) is 0 Å². The fourth-order valence-electron chi connectivity index (χ4n) is 3.11. The first-order chi connectivity index (χ1) is 10.6. The molecular formula is C15H22O7S. The number of esters is 2. The van der Waals surface area contributed by atoms with E-state index in [-0.39, 0.29) is 36.2 Å². The Kier molecular flexibility index (Phi) is 5.15. The summed E-state index contributed by atoms with van der Waals surface area (Å²) in [5.41, 5.74) is 0.243. The molecule has 5 atom stereocenters. The lowest BCUT2D eigenvalue weighted by molar-refractivity contribution is -0.167. The van der Waals surface area contributed by atoms with Crippen molar-refractivity contribution in [1.29, 1.82) is 0 Å². The quantitative estimate of drug-likeness (QED) is 0.560. The van der Waals surface area contributed by atoms with Crippen molar-refractivity contribution in [1.82, 2.24) is 0 Å². The van der Waals surface area contributed by atoms with Gasteiger partial charge in [-0.2, -0.15) is 0 Å². The Labute approximate surface area is 135 Å². The van der Waals surface area contributed by atoms with Crippen molar-refractivity contribution in [3.8, 4) is 0 Å². The highest BCUT2D eigenvalue weighted by Crippen LogP contribution is 2.43. The van der Waals surface area contributed by atoms with Gasteiger partial charge in [-0.25, -0.2) is 13.2 Å². The summed E-state index contributed by atoms with van der Waals surface area (Å²) in [6, 6.07) is 0. The van der Waals surface area contributed by atoms with Gasteiger partial charge in [-0.1, -0.05) is 13.5 Å². The Bertz CT molecular complexity index is 609. The minimum absolute atomic E-state index is 0.0597. The molecular weight excluding hydrogens is 324 g/mol. The first-order valence-corrected chi connectivity index (χ1v) is 9.26. The van der Waals surface area contributed by atoms with Crippen LogP contribution in [0.5, 0.6) is 0 Å². The molecule has 8 heteroatoms. The normalized spacial score (nSPS) is 34.7. The van der Waals surface area contributed by atoms with Crippen molar-refractivity contribution in [3.05, 3.63) is 12.2 Å². The SMILES string of the molecule is C=C(C)C(=O)OCCC(=O)OC1C(C)CC2C(CS2(=O)=O)C1O. The lowest BCUT2D eigenvalue weighted by atomic mass is 9.78. The zero-order chi connectivity index (χ0) is 17.4. The van der Waals surface area contributed by atoms with Crippen molar-refractivity contribution >= 4 is 21.8 Å². The Hall–Kier alpha value is -1.41. The van der Waals surface area contributed by atoms with E-state index in [4.69, 9.17) is 9.47 Å². The maximum absolute atomic E-state index is 11.8. The van der Waals surface area contributed by atoms with Crippen LogP contribution < -0.4 is 0 Å². The highest BCUT2D eigenvalue weighted by molar-refractivity contribution is 7.93. The van der Waals surface area contributed by atoms with E-state index in [9.17, 15) is 23.1 Å². The molecule has 130 valence electrons. The minimum Gasteiger partial charge on any atom is -0.462 e. The summed E-state index contributed by atoms with van der Waals surface area (Å²) in [5.74, 6) is -1.84. The van der Waals surface area contributed by atoms with E-state index in [1.165, 1.54) is 6.92 Å². The predicted octanol–water partition coefficient (Wildman–Crippen LogP) is 0.222. The fraction of sp³-hybridized carbons (Fsp3) is 0.733. The van der Waals surface area contributed by atoms with E-state index in [1.54, 1.807) is 6.92 Å². The first-order valence-electron chi connectivity index (χ1n) is 7.55. The smallest absolute Gasteiger partial charge is 0.333 e. The Morgan fingerprint density at radius 3 is 2.57 bits per heavy atom. The van der Waals surface area contributed by atoms with Gasteiger partial charge in [-0.05, 0) is 19.3 Å². The molecule has 0 aromatic rings. The van der Waals surface area contributed by atoms with Crippen LogP contribution in [-0.4, -0.2) is 55.3 Å². The molecule has 0 radical (unpaired) electrons. The second kappa shape index (κ2) is 6.60. The van der Waals surface area contributed by atoms with Crippen molar-refractivity contribution in [3.63, 3.8) is 0 Å². The second-order valence-corrected chi connectivity index (χ2v) is 8.62. The lowest BCUT2D eigenvalue weighted by Crippen LogP contribution is -2.62. The molecule has 5 unspecified atom stereocenters.